The van der Waals surface area contributed by atoms with Crippen LogP contribution in [0.5, 0.6) is 0 Å². The standard InChI is InChI=1S/C15H20N2/c1-10(2)12-5-4-11(3)13(8-12)14(17)15(9-16)6-7-15/h4-5,8,10,14H,6-7,17H2,1-3H3. The van der Waals surface area contributed by atoms with Crippen LogP contribution in [-0.4, -0.2) is 0 Å². The van der Waals surface area contributed by atoms with E-state index < -0.39 is 0 Å². The Morgan fingerprint density at radius 3 is 2.47 bits per heavy atom. The molecule has 2 heteroatoms. The molecule has 0 amide bonds. The predicted molar refractivity (Wildman–Crippen MR) is 69.5 cm³/mol. The molecular formula is C15H20N2. The molecule has 1 saturated carbocycles. The zero-order chi connectivity index (χ0) is 12.6. The summed E-state index contributed by atoms with van der Waals surface area (Å²) in [7, 11) is 0. The summed E-state index contributed by atoms with van der Waals surface area (Å²) in [5.74, 6) is 0.499. The molecule has 90 valence electrons. The second-order valence-electron chi connectivity index (χ2n) is 5.52. The zero-order valence-corrected chi connectivity index (χ0v) is 10.8. The van der Waals surface area contributed by atoms with Gasteiger partial charge >= 0.3 is 0 Å². The number of aryl methyl sites for hydroxylation is 1. The quantitative estimate of drug-likeness (QED) is 0.861. The number of hydrogen-bond acceptors (Lipinski definition) is 2. The van der Waals surface area contributed by atoms with E-state index in [-0.39, 0.29) is 11.5 Å². The lowest BCUT2D eigenvalue weighted by Gasteiger charge is -2.20. The fourth-order valence-electron chi connectivity index (χ4n) is 2.28. The van der Waals surface area contributed by atoms with E-state index in [1.165, 1.54) is 11.1 Å². The molecule has 1 aliphatic carbocycles. The zero-order valence-electron chi connectivity index (χ0n) is 10.8. The van der Waals surface area contributed by atoms with Crippen LogP contribution in [0, 0.1) is 23.7 Å². The highest BCUT2D eigenvalue weighted by atomic mass is 14.7. The maximum absolute atomic E-state index is 9.23. The number of nitriles is 1. The van der Waals surface area contributed by atoms with E-state index in [1.807, 2.05) is 0 Å². The summed E-state index contributed by atoms with van der Waals surface area (Å²) in [4.78, 5) is 0. The van der Waals surface area contributed by atoms with Crippen molar-refractivity contribution in [1.82, 2.24) is 0 Å². The van der Waals surface area contributed by atoms with Crippen molar-refractivity contribution in [3.8, 4) is 6.07 Å². The number of nitrogens with zero attached hydrogens (tertiary/aromatic N) is 1. The number of nitrogens with two attached hydrogens (primary N) is 1. The molecule has 2 N–H and O–H groups in total. The summed E-state index contributed by atoms with van der Waals surface area (Å²) < 4.78 is 0. The van der Waals surface area contributed by atoms with Crippen LogP contribution in [-0.2, 0) is 0 Å². The average molecular weight is 228 g/mol. The Morgan fingerprint density at radius 2 is 2.00 bits per heavy atom. The van der Waals surface area contributed by atoms with Gasteiger partial charge in [-0.3, -0.25) is 0 Å². The van der Waals surface area contributed by atoms with Crippen molar-refractivity contribution in [3.63, 3.8) is 0 Å². The Hall–Kier alpha value is -1.33. The molecule has 1 fully saturated rings. The minimum Gasteiger partial charge on any atom is -0.323 e. The van der Waals surface area contributed by atoms with Crippen molar-refractivity contribution in [2.24, 2.45) is 11.1 Å². The van der Waals surface area contributed by atoms with Gasteiger partial charge in [0.1, 0.15) is 0 Å². The van der Waals surface area contributed by atoms with Gasteiger partial charge in [0.15, 0.2) is 0 Å². The summed E-state index contributed by atoms with van der Waals surface area (Å²) in [6.07, 6.45) is 1.88. The first-order valence-electron chi connectivity index (χ1n) is 6.27. The molecule has 1 aliphatic rings. The van der Waals surface area contributed by atoms with Crippen molar-refractivity contribution in [2.45, 2.75) is 45.6 Å². The maximum atomic E-state index is 9.23. The van der Waals surface area contributed by atoms with Gasteiger partial charge < -0.3 is 5.73 Å². The van der Waals surface area contributed by atoms with Crippen LogP contribution in [0.2, 0.25) is 0 Å². The molecule has 2 rings (SSSR count). The van der Waals surface area contributed by atoms with E-state index in [9.17, 15) is 5.26 Å². The Morgan fingerprint density at radius 1 is 1.35 bits per heavy atom. The molecular weight excluding hydrogens is 208 g/mol. The Bertz CT molecular complexity index is 464. The van der Waals surface area contributed by atoms with Crippen LogP contribution >= 0.6 is 0 Å². The maximum Gasteiger partial charge on any atom is 0.0767 e. The molecule has 17 heavy (non-hydrogen) atoms. The molecule has 1 aromatic carbocycles. The second-order valence-corrected chi connectivity index (χ2v) is 5.52. The monoisotopic (exact) mass is 228 g/mol. The van der Waals surface area contributed by atoms with Crippen molar-refractivity contribution >= 4 is 0 Å². The van der Waals surface area contributed by atoms with E-state index in [2.05, 4.69) is 45.0 Å². The van der Waals surface area contributed by atoms with E-state index in [0.29, 0.717) is 5.92 Å². The van der Waals surface area contributed by atoms with Crippen molar-refractivity contribution < 1.29 is 0 Å². The van der Waals surface area contributed by atoms with Crippen LogP contribution in [0.15, 0.2) is 18.2 Å². The van der Waals surface area contributed by atoms with Crippen LogP contribution in [0.25, 0.3) is 0 Å². The normalized spacial score (nSPS) is 18.8. The van der Waals surface area contributed by atoms with Gasteiger partial charge in [-0.15, -0.1) is 0 Å². The third kappa shape index (κ3) is 2.08. The molecule has 0 radical (unpaired) electrons. The van der Waals surface area contributed by atoms with Crippen LogP contribution in [0.3, 0.4) is 0 Å². The highest BCUT2D eigenvalue weighted by Gasteiger charge is 2.49. The van der Waals surface area contributed by atoms with Gasteiger partial charge in [-0.25, -0.2) is 0 Å². The molecule has 0 aliphatic heterocycles. The minimum atomic E-state index is -0.291. The largest absolute Gasteiger partial charge is 0.323 e. The molecule has 0 saturated heterocycles. The molecule has 0 aromatic heterocycles. The topological polar surface area (TPSA) is 49.8 Å². The SMILES string of the molecule is Cc1ccc(C(C)C)cc1C(N)C1(C#N)CC1. The first-order valence-corrected chi connectivity index (χ1v) is 6.27. The molecule has 1 unspecified atom stereocenters. The Balaban J connectivity index is 2.38. The van der Waals surface area contributed by atoms with Crippen LogP contribution in [0.4, 0.5) is 0 Å². The third-order valence-corrected chi connectivity index (χ3v) is 3.91. The molecule has 1 atom stereocenters. The predicted octanol–water partition coefficient (Wildman–Crippen LogP) is 3.42. The van der Waals surface area contributed by atoms with Crippen molar-refractivity contribution in [2.75, 3.05) is 0 Å². The summed E-state index contributed by atoms with van der Waals surface area (Å²) in [5, 5.41) is 9.23. The van der Waals surface area contributed by atoms with Crippen LogP contribution in [0.1, 0.15) is 55.3 Å². The molecule has 0 spiro atoms. The minimum absolute atomic E-state index is 0.133. The summed E-state index contributed by atoms with van der Waals surface area (Å²) >= 11 is 0. The van der Waals surface area contributed by atoms with E-state index >= 15 is 0 Å². The second kappa shape index (κ2) is 4.16. The van der Waals surface area contributed by atoms with Crippen molar-refractivity contribution in [3.05, 3.63) is 34.9 Å². The van der Waals surface area contributed by atoms with E-state index in [1.54, 1.807) is 0 Å². The first kappa shape index (κ1) is 12.1. The highest BCUT2D eigenvalue weighted by Crippen LogP contribution is 2.53. The molecule has 1 aromatic rings. The van der Waals surface area contributed by atoms with Gasteiger partial charge in [-0.1, -0.05) is 32.0 Å². The van der Waals surface area contributed by atoms with Crippen molar-refractivity contribution in [1.29, 1.82) is 5.26 Å². The number of hydrogen-bond donors (Lipinski definition) is 1. The summed E-state index contributed by atoms with van der Waals surface area (Å²) in [5.41, 5.74) is 9.65. The van der Waals surface area contributed by atoms with Gasteiger partial charge in [0.25, 0.3) is 0 Å². The molecule has 0 heterocycles. The van der Waals surface area contributed by atoms with E-state index in [4.69, 9.17) is 5.73 Å². The Kier molecular flexibility index (Phi) is 2.97. The molecule has 0 bridgehead atoms. The first-order chi connectivity index (χ1) is 8.00. The lowest BCUT2D eigenvalue weighted by Crippen LogP contribution is -2.22. The Labute approximate surface area is 103 Å². The van der Waals surface area contributed by atoms with Gasteiger partial charge in [0.2, 0.25) is 0 Å². The number of benzene rings is 1. The highest BCUT2D eigenvalue weighted by molar-refractivity contribution is 5.38. The average Bonchev–Trinajstić information content (AvgIpc) is 3.09. The fraction of sp³-hybridized carbons (Fsp3) is 0.533. The number of rotatable bonds is 3. The summed E-state index contributed by atoms with van der Waals surface area (Å²) in [6.45, 7) is 6.43. The van der Waals surface area contributed by atoms with E-state index in [0.717, 1.165) is 18.4 Å². The van der Waals surface area contributed by atoms with Crippen LogP contribution < -0.4 is 5.73 Å². The lowest BCUT2D eigenvalue weighted by atomic mass is 9.87. The summed E-state index contributed by atoms with van der Waals surface area (Å²) in [6, 6.07) is 8.73. The third-order valence-electron chi connectivity index (χ3n) is 3.91. The fourth-order valence-corrected chi connectivity index (χ4v) is 2.28. The molecule has 2 nitrogen and oxygen atoms in total. The lowest BCUT2D eigenvalue weighted by molar-refractivity contribution is 0.516. The van der Waals surface area contributed by atoms with Gasteiger partial charge in [0.05, 0.1) is 11.5 Å². The van der Waals surface area contributed by atoms with Gasteiger partial charge in [-0.05, 0) is 42.4 Å². The smallest absolute Gasteiger partial charge is 0.0767 e. The van der Waals surface area contributed by atoms with Gasteiger partial charge in [-0.2, -0.15) is 5.26 Å². The van der Waals surface area contributed by atoms with Gasteiger partial charge in [0, 0.05) is 6.04 Å².